The Kier molecular flexibility index (Phi) is 7.21. The maximum absolute atomic E-state index is 13.9. The van der Waals surface area contributed by atoms with Crippen molar-refractivity contribution in [3.8, 4) is 5.75 Å². The highest BCUT2D eigenvalue weighted by Gasteiger charge is 2.35. The molecule has 3 heterocycles. The number of nitrogens with zero attached hydrogens (tertiary/aromatic N) is 4. The van der Waals surface area contributed by atoms with Gasteiger partial charge in [-0.3, -0.25) is 9.69 Å². The number of hydrogen-bond acceptors (Lipinski definition) is 7. The summed E-state index contributed by atoms with van der Waals surface area (Å²) in [6, 6.07) is 3.92. The largest absolute Gasteiger partial charge is 0.491 e. The standard InChI is InChI=1S/C23H27ClFN5O3/c1-14-21(24)15(2)28-22(27-14)18-12-30(13-19(18)26)23(31)17-4-3-16(25)11-20(17)33-10-7-29-5-8-32-9-6-29/h3-4,11,18,26H,5-10,12-13H2,1-2H3. The molecule has 0 radical (unpaired) electrons. The second-order valence-corrected chi connectivity index (χ2v) is 8.65. The topological polar surface area (TPSA) is 91.6 Å². The summed E-state index contributed by atoms with van der Waals surface area (Å²) in [5.74, 6) is -0.505. The zero-order valence-corrected chi connectivity index (χ0v) is 19.5. The Morgan fingerprint density at radius 1 is 1.27 bits per heavy atom. The molecule has 0 saturated carbocycles. The van der Waals surface area contributed by atoms with Crippen molar-refractivity contribution in [1.82, 2.24) is 19.8 Å². The lowest BCUT2D eigenvalue weighted by molar-refractivity contribution is 0.0321. The average molecular weight is 476 g/mol. The molecule has 4 rings (SSSR count). The van der Waals surface area contributed by atoms with Crippen LogP contribution in [-0.4, -0.2) is 83.9 Å². The van der Waals surface area contributed by atoms with Gasteiger partial charge in [0.05, 0.1) is 47.7 Å². The molecule has 176 valence electrons. The highest BCUT2D eigenvalue weighted by atomic mass is 35.5. The molecule has 1 atom stereocenters. The number of likely N-dealkylation sites (tertiary alicyclic amines) is 1. The van der Waals surface area contributed by atoms with Crippen LogP contribution in [0.3, 0.4) is 0 Å². The minimum Gasteiger partial charge on any atom is -0.491 e. The van der Waals surface area contributed by atoms with Crippen molar-refractivity contribution in [2.45, 2.75) is 19.8 Å². The van der Waals surface area contributed by atoms with Gasteiger partial charge in [-0.1, -0.05) is 11.6 Å². The predicted molar refractivity (Wildman–Crippen MR) is 122 cm³/mol. The number of carbonyl (C=O) groups excluding carboxylic acids is 1. The van der Waals surface area contributed by atoms with Gasteiger partial charge in [-0.15, -0.1) is 0 Å². The molecule has 2 aromatic rings. The second-order valence-electron chi connectivity index (χ2n) is 8.27. The van der Waals surface area contributed by atoms with E-state index in [-0.39, 0.29) is 30.3 Å². The molecule has 1 aromatic carbocycles. The summed E-state index contributed by atoms with van der Waals surface area (Å²) in [5, 5.41) is 8.92. The molecule has 1 unspecified atom stereocenters. The van der Waals surface area contributed by atoms with Crippen LogP contribution in [0, 0.1) is 25.1 Å². The molecule has 2 fully saturated rings. The van der Waals surface area contributed by atoms with Crippen LogP contribution in [0.2, 0.25) is 5.02 Å². The molecule has 10 heteroatoms. The molecule has 8 nitrogen and oxygen atoms in total. The average Bonchev–Trinajstić information content (AvgIpc) is 3.19. The summed E-state index contributed by atoms with van der Waals surface area (Å²) in [6.07, 6.45) is 0. The molecular weight excluding hydrogens is 449 g/mol. The van der Waals surface area contributed by atoms with E-state index in [1.165, 1.54) is 18.2 Å². The van der Waals surface area contributed by atoms with E-state index in [1.54, 1.807) is 18.7 Å². The molecule has 2 saturated heterocycles. The Hall–Kier alpha value is -2.62. The third kappa shape index (κ3) is 5.31. The number of benzene rings is 1. The van der Waals surface area contributed by atoms with Gasteiger partial charge in [0.15, 0.2) is 0 Å². The van der Waals surface area contributed by atoms with Crippen molar-refractivity contribution >= 4 is 23.2 Å². The molecule has 1 aromatic heterocycles. The van der Waals surface area contributed by atoms with E-state index in [0.717, 1.165) is 13.1 Å². The van der Waals surface area contributed by atoms with E-state index in [0.29, 0.717) is 54.3 Å². The first-order valence-electron chi connectivity index (χ1n) is 10.9. The molecule has 0 aliphatic carbocycles. The molecule has 2 aliphatic rings. The summed E-state index contributed by atoms with van der Waals surface area (Å²) in [5.41, 5.74) is 1.91. The summed E-state index contributed by atoms with van der Waals surface area (Å²) in [4.78, 5) is 25.9. The van der Waals surface area contributed by atoms with Gasteiger partial charge in [0, 0.05) is 38.0 Å². The fourth-order valence-corrected chi connectivity index (χ4v) is 4.14. The van der Waals surface area contributed by atoms with E-state index >= 15 is 0 Å². The smallest absolute Gasteiger partial charge is 0.257 e. The Morgan fingerprint density at radius 2 is 1.97 bits per heavy atom. The number of ether oxygens (including phenoxy) is 2. The van der Waals surface area contributed by atoms with Crippen LogP contribution in [0.1, 0.15) is 33.5 Å². The van der Waals surface area contributed by atoms with E-state index in [9.17, 15) is 9.18 Å². The first-order chi connectivity index (χ1) is 15.8. The second kappa shape index (κ2) is 10.1. The number of rotatable bonds is 6. The fourth-order valence-electron chi connectivity index (χ4n) is 4.06. The van der Waals surface area contributed by atoms with Gasteiger partial charge < -0.3 is 19.8 Å². The SMILES string of the molecule is Cc1nc(C2CN(C(=O)c3ccc(F)cc3OCCN3CCOCC3)CC2=N)nc(C)c1Cl. The Labute approximate surface area is 197 Å². The lowest BCUT2D eigenvalue weighted by Crippen LogP contribution is -2.38. The lowest BCUT2D eigenvalue weighted by atomic mass is 10.1. The number of hydrogen-bond donors (Lipinski definition) is 1. The van der Waals surface area contributed by atoms with Gasteiger partial charge >= 0.3 is 0 Å². The highest BCUT2D eigenvalue weighted by molar-refractivity contribution is 6.31. The number of morpholine rings is 1. The van der Waals surface area contributed by atoms with E-state index < -0.39 is 11.7 Å². The highest BCUT2D eigenvalue weighted by Crippen LogP contribution is 2.29. The van der Waals surface area contributed by atoms with Crippen LogP contribution < -0.4 is 4.74 Å². The van der Waals surface area contributed by atoms with Gasteiger partial charge in [-0.05, 0) is 26.0 Å². The third-order valence-electron chi connectivity index (χ3n) is 5.93. The Balaban J connectivity index is 1.47. The van der Waals surface area contributed by atoms with Crippen LogP contribution in [0.25, 0.3) is 0 Å². The normalized spacial score (nSPS) is 19.2. The zero-order chi connectivity index (χ0) is 23.5. The van der Waals surface area contributed by atoms with Crippen LogP contribution >= 0.6 is 11.6 Å². The molecule has 1 amide bonds. The van der Waals surface area contributed by atoms with Crippen LogP contribution in [-0.2, 0) is 4.74 Å². The van der Waals surface area contributed by atoms with Gasteiger partial charge in [0.2, 0.25) is 0 Å². The number of nitrogens with one attached hydrogen (secondary N) is 1. The fraction of sp³-hybridized carbons (Fsp3) is 0.478. The van der Waals surface area contributed by atoms with E-state index in [2.05, 4.69) is 14.9 Å². The summed E-state index contributed by atoms with van der Waals surface area (Å²) < 4.78 is 25.1. The summed E-state index contributed by atoms with van der Waals surface area (Å²) in [6.45, 7) is 8.01. The predicted octanol–water partition coefficient (Wildman–Crippen LogP) is 2.86. The molecule has 1 N–H and O–H groups in total. The van der Waals surface area contributed by atoms with Gasteiger partial charge in [0.25, 0.3) is 5.91 Å². The lowest BCUT2D eigenvalue weighted by Gasteiger charge is -2.26. The van der Waals surface area contributed by atoms with Gasteiger partial charge in [-0.25, -0.2) is 14.4 Å². The maximum Gasteiger partial charge on any atom is 0.257 e. The molecule has 0 spiro atoms. The minimum atomic E-state index is -0.472. The van der Waals surface area contributed by atoms with Crippen LogP contribution in [0.4, 0.5) is 4.39 Å². The minimum absolute atomic E-state index is 0.151. The quantitative estimate of drug-likeness (QED) is 0.690. The molecular formula is C23H27ClFN5O3. The Bertz CT molecular complexity index is 1040. The zero-order valence-electron chi connectivity index (χ0n) is 18.7. The third-order valence-corrected chi connectivity index (χ3v) is 6.47. The summed E-state index contributed by atoms with van der Waals surface area (Å²) >= 11 is 6.18. The van der Waals surface area contributed by atoms with Crippen molar-refractivity contribution in [3.63, 3.8) is 0 Å². The maximum atomic E-state index is 13.9. The van der Waals surface area contributed by atoms with Crippen LogP contribution in [0.5, 0.6) is 5.75 Å². The van der Waals surface area contributed by atoms with E-state index in [4.69, 9.17) is 26.5 Å². The van der Waals surface area contributed by atoms with Crippen molar-refractivity contribution < 1.29 is 18.7 Å². The first kappa shape index (κ1) is 23.5. The number of aryl methyl sites for hydroxylation is 2. The molecule has 0 bridgehead atoms. The van der Waals surface area contributed by atoms with Crippen molar-refractivity contribution in [3.05, 3.63) is 51.8 Å². The number of amides is 1. The monoisotopic (exact) mass is 475 g/mol. The van der Waals surface area contributed by atoms with Gasteiger partial charge in [-0.2, -0.15) is 0 Å². The first-order valence-corrected chi connectivity index (χ1v) is 11.3. The van der Waals surface area contributed by atoms with E-state index in [1.807, 2.05) is 0 Å². The number of aromatic nitrogens is 2. The molecule has 33 heavy (non-hydrogen) atoms. The van der Waals surface area contributed by atoms with Crippen molar-refractivity contribution in [2.24, 2.45) is 0 Å². The Morgan fingerprint density at radius 3 is 2.67 bits per heavy atom. The summed E-state index contributed by atoms with van der Waals surface area (Å²) in [7, 11) is 0. The van der Waals surface area contributed by atoms with Crippen molar-refractivity contribution in [2.75, 3.05) is 52.5 Å². The van der Waals surface area contributed by atoms with Gasteiger partial charge in [0.1, 0.15) is 24.0 Å². The van der Waals surface area contributed by atoms with Crippen LogP contribution in [0.15, 0.2) is 18.2 Å². The number of carbonyl (C=O) groups is 1. The molecule has 2 aliphatic heterocycles. The number of halogens is 2. The van der Waals surface area contributed by atoms with Crippen molar-refractivity contribution in [1.29, 1.82) is 5.41 Å².